The molecule has 2 aromatic carbocycles. The van der Waals surface area contributed by atoms with Crippen molar-refractivity contribution in [2.24, 2.45) is 5.92 Å². The molecule has 1 aliphatic carbocycles. The van der Waals surface area contributed by atoms with Gasteiger partial charge in [0.25, 0.3) is 6.47 Å². The van der Waals surface area contributed by atoms with Gasteiger partial charge in [0, 0.05) is 17.4 Å². The van der Waals surface area contributed by atoms with Crippen molar-refractivity contribution in [3.63, 3.8) is 0 Å². The lowest BCUT2D eigenvalue weighted by molar-refractivity contribution is -0.122. The lowest BCUT2D eigenvalue weighted by atomic mass is 9.96. The number of Topliss-reactive ketones (excluding diaryl/α,β-unsaturated/α-hetero) is 1. The molecule has 0 fully saturated rings. The molecule has 200 valence electrons. The number of fused-ring (bicyclic) bond motifs is 1. The minimum Gasteiger partial charge on any atom is -0.496 e. The summed E-state index contributed by atoms with van der Waals surface area (Å²) in [5.74, 6) is 2.73. The number of benzene rings is 2. The second-order valence-corrected chi connectivity index (χ2v) is 8.94. The average molecular weight is 518 g/mol. The minimum atomic E-state index is -0.250. The van der Waals surface area contributed by atoms with E-state index < -0.39 is 0 Å². The van der Waals surface area contributed by atoms with Crippen LogP contribution in [0.4, 0.5) is 0 Å². The number of ether oxygens (including phenoxy) is 3. The molecular weight excluding hydrogens is 482 g/mol. The van der Waals surface area contributed by atoms with Crippen LogP contribution in [-0.2, 0) is 22.6 Å². The van der Waals surface area contributed by atoms with Crippen LogP contribution < -0.4 is 9.47 Å². The smallest absolute Gasteiger partial charge is 0.290 e. The van der Waals surface area contributed by atoms with Crippen molar-refractivity contribution in [1.82, 2.24) is 4.98 Å². The van der Waals surface area contributed by atoms with Crippen LogP contribution in [0.15, 0.2) is 72.5 Å². The number of pyridine rings is 1. The summed E-state index contributed by atoms with van der Waals surface area (Å²) in [4.78, 5) is 25.1. The second-order valence-electron chi connectivity index (χ2n) is 8.94. The fourth-order valence-corrected chi connectivity index (χ4v) is 4.44. The Morgan fingerprint density at radius 3 is 2.66 bits per heavy atom. The van der Waals surface area contributed by atoms with E-state index in [9.17, 15) is 4.79 Å². The first-order valence-corrected chi connectivity index (χ1v) is 12.8. The maximum Gasteiger partial charge on any atom is 0.290 e. The summed E-state index contributed by atoms with van der Waals surface area (Å²) >= 11 is 0. The van der Waals surface area contributed by atoms with Crippen molar-refractivity contribution in [2.75, 3.05) is 13.7 Å². The van der Waals surface area contributed by atoms with Crippen molar-refractivity contribution < 1.29 is 28.9 Å². The van der Waals surface area contributed by atoms with E-state index in [-0.39, 0.29) is 12.3 Å². The zero-order valence-electron chi connectivity index (χ0n) is 22.2. The number of nitrogens with zero attached hydrogens (tertiary/aromatic N) is 1. The molecule has 38 heavy (non-hydrogen) atoms. The van der Waals surface area contributed by atoms with Crippen molar-refractivity contribution in [3.05, 3.63) is 89.3 Å². The molecule has 1 atom stereocenters. The van der Waals surface area contributed by atoms with Gasteiger partial charge in [-0.2, -0.15) is 0 Å². The monoisotopic (exact) mass is 517 g/mol. The highest BCUT2D eigenvalue weighted by atomic mass is 16.5. The topological polar surface area (TPSA) is 95.0 Å². The molecule has 1 aromatic heterocycles. The summed E-state index contributed by atoms with van der Waals surface area (Å²) in [7, 11) is 1.61. The van der Waals surface area contributed by atoms with E-state index in [4.69, 9.17) is 29.1 Å². The molecule has 1 unspecified atom stereocenters. The zero-order chi connectivity index (χ0) is 27.3. The SMILES string of the molecule is CCCc1c(OCCC2C=CC=C(OCc3ccc4ccccc4n3)C2)ccc(C(C)=O)c1OC.O=CO. The van der Waals surface area contributed by atoms with Gasteiger partial charge in [-0.1, -0.05) is 49.8 Å². The van der Waals surface area contributed by atoms with Gasteiger partial charge in [0.2, 0.25) is 0 Å². The highest BCUT2D eigenvalue weighted by Gasteiger charge is 2.18. The summed E-state index contributed by atoms with van der Waals surface area (Å²) in [6, 6.07) is 15.9. The van der Waals surface area contributed by atoms with Gasteiger partial charge in [-0.15, -0.1) is 0 Å². The molecule has 1 N–H and O–H groups in total. The van der Waals surface area contributed by atoms with Gasteiger partial charge < -0.3 is 19.3 Å². The van der Waals surface area contributed by atoms with E-state index in [0.717, 1.165) is 59.4 Å². The highest BCUT2D eigenvalue weighted by molar-refractivity contribution is 5.97. The molecule has 1 heterocycles. The fraction of sp³-hybridized carbons (Fsp3) is 0.323. The predicted octanol–water partition coefficient (Wildman–Crippen LogP) is 6.55. The van der Waals surface area contributed by atoms with Gasteiger partial charge >= 0.3 is 0 Å². The Morgan fingerprint density at radius 2 is 1.92 bits per heavy atom. The number of hydrogen-bond acceptors (Lipinski definition) is 6. The van der Waals surface area contributed by atoms with Gasteiger partial charge in [0.1, 0.15) is 18.1 Å². The Bertz CT molecular complexity index is 1300. The fourth-order valence-electron chi connectivity index (χ4n) is 4.44. The quantitative estimate of drug-likeness (QED) is 0.228. The third-order valence-electron chi connectivity index (χ3n) is 6.24. The Labute approximate surface area is 223 Å². The van der Waals surface area contributed by atoms with Gasteiger partial charge in [-0.3, -0.25) is 9.59 Å². The molecule has 0 bridgehead atoms. The van der Waals surface area contributed by atoms with Crippen molar-refractivity contribution in [1.29, 1.82) is 0 Å². The molecule has 7 nitrogen and oxygen atoms in total. The summed E-state index contributed by atoms with van der Waals surface area (Å²) in [6.07, 6.45) is 9.74. The van der Waals surface area contributed by atoms with E-state index in [1.807, 2.05) is 36.4 Å². The first-order chi connectivity index (χ1) is 18.5. The van der Waals surface area contributed by atoms with E-state index >= 15 is 0 Å². The molecule has 0 radical (unpaired) electrons. The number of methoxy groups -OCH3 is 1. The molecule has 3 aromatic rings. The Hall–Kier alpha value is -4.13. The highest BCUT2D eigenvalue weighted by Crippen LogP contribution is 2.34. The molecular formula is C31H35NO6. The largest absolute Gasteiger partial charge is 0.496 e. The van der Waals surface area contributed by atoms with Crippen LogP contribution >= 0.6 is 0 Å². The molecule has 0 spiro atoms. The number of carbonyl (C=O) groups is 2. The zero-order valence-corrected chi connectivity index (χ0v) is 22.2. The van der Waals surface area contributed by atoms with Crippen LogP contribution in [0.5, 0.6) is 11.5 Å². The molecule has 7 heteroatoms. The summed E-state index contributed by atoms with van der Waals surface area (Å²) in [5, 5.41) is 8.02. The van der Waals surface area contributed by atoms with Crippen LogP contribution in [0.2, 0.25) is 0 Å². The second kappa shape index (κ2) is 14.6. The molecule has 0 saturated heterocycles. The summed E-state index contributed by atoms with van der Waals surface area (Å²) in [5.41, 5.74) is 3.47. The molecule has 1 aliphatic rings. The van der Waals surface area contributed by atoms with Crippen molar-refractivity contribution in [2.45, 2.75) is 46.1 Å². The van der Waals surface area contributed by atoms with Crippen LogP contribution in [-0.4, -0.2) is 36.1 Å². The predicted molar refractivity (Wildman–Crippen MR) is 148 cm³/mol. The lowest BCUT2D eigenvalue weighted by Crippen LogP contribution is -2.11. The number of aromatic nitrogens is 1. The van der Waals surface area contributed by atoms with Crippen LogP contribution in [0.25, 0.3) is 10.9 Å². The maximum absolute atomic E-state index is 12.0. The Balaban J connectivity index is 0.00000127. The average Bonchev–Trinajstić information content (AvgIpc) is 2.93. The number of carboxylic acid groups (broad SMARTS) is 1. The Morgan fingerprint density at radius 1 is 1.13 bits per heavy atom. The number of rotatable bonds is 11. The standard InChI is InChI=1S/C30H33NO4.CH2O2/c1-4-8-27-29(16-15-26(21(2)32)30(27)33-3)34-18-17-22-9-7-11-25(19-22)35-20-24-14-13-23-10-5-6-12-28(23)31-24;2-1-3/h5-7,9-16,22H,4,8,17-20H2,1-3H3;1H,(H,2,3). The van der Waals surface area contributed by atoms with E-state index in [0.29, 0.717) is 30.4 Å². The number of hydrogen-bond donors (Lipinski definition) is 1. The molecule has 0 aliphatic heterocycles. The number of ketones is 1. The maximum atomic E-state index is 12.0. The van der Waals surface area contributed by atoms with E-state index in [2.05, 4.69) is 31.2 Å². The van der Waals surface area contributed by atoms with Crippen molar-refractivity contribution >= 4 is 23.2 Å². The number of carbonyl (C=O) groups excluding carboxylic acids is 1. The summed E-state index contributed by atoms with van der Waals surface area (Å²) in [6.45, 7) is 4.45. The third-order valence-corrected chi connectivity index (χ3v) is 6.24. The third kappa shape index (κ3) is 7.68. The number of allylic oxidation sites excluding steroid dienone is 4. The van der Waals surface area contributed by atoms with Crippen molar-refractivity contribution in [3.8, 4) is 11.5 Å². The molecule has 4 rings (SSSR count). The van der Waals surface area contributed by atoms with Crippen LogP contribution in [0, 0.1) is 5.92 Å². The van der Waals surface area contributed by atoms with Gasteiger partial charge in [0.15, 0.2) is 5.78 Å². The van der Waals surface area contributed by atoms with E-state index in [1.54, 1.807) is 20.1 Å². The Kier molecular flexibility index (Phi) is 10.9. The first-order valence-electron chi connectivity index (χ1n) is 12.8. The first kappa shape index (κ1) is 28.4. The van der Waals surface area contributed by atoms with Gasteiger partial charge in [-0.25, -0.2) is 4.98 Å². The van der Waals surface area contributed by atoms with Crippen LogP contribution in [0.3, 0.4) is 0 Å². The van der Waals surface area contributed by atoms with Crippen LogP contribution in [0.1, 0.15) is 54.7 Å². The lowest BCUT2D eigenvalue weighted by Gasteiger charge is -2.21. The molecule has 0 amide bonds. The minimum absolute atomic E-state index is 0.00342. The summed E-state index contributed by atoms with van der Waals surface area (Å²) < 4.78 is 17.9. The normalized spacial score (nSPS) is 14.2. The van der Waals surface area contributed by atoms with E-state index in [1.165, 1.54) is 0 Å². The molecule has 0 saturated carbocycles. The van der Waals surface area contributed by atoms with Gasteiger partial charge in [-0.05, 0) is 56.0 Å². The number of para-hydroxylation sites is 1. The van der Waals surface area contributed by atoms with Gasteiger partial charge in [0.05, 0.1) is 36.2 Å².